The molecule has 0 N–H and O–H groups in total. The molecule has 27 heavy (non-hydrogen) atoms. The lowest BCUT2D eigenvalue weighted by Crippen LogP contribution is -2.04. The number of para-hydroxylation sites is 1. The van der Waals surface area contributed by atoms with E-state index in [0.717, 1.165) is 31.9 Å². The van der Waals surface area contributed by atoms with Gasteiger partial charge in [0.15, 0.2) is 0 Å². The number of carbonyl (C=O) groups excluding carboxylic acids is 1. The SMILES string of the molecule is CSc1c(OC(C)=O)ccc2c3ccccc3n(Cc3ccc(Cl)cc3)c12. The van der Waals surface area contributed by atoms with E-state index in [1.54, 1.807) is 11.8 Å². The van der Waals surface area contributed by atoms with Crippen LogP contribution >= 0.6 is 23.4 Å². The van der Waals surface area contributed by atoms with Crippen LogP contribution in [0.2, 0.25) is 5.02 Å². The second-order valence-corrected chi connectivity index (χ2v) is 7.57. The Bertz CT molecular complexity index is 1150. The third kappa shape index (κ3) is 3.31. The average molecular weight is 396 g/mol. The monoisotopic (exact) mass is 395 g/mol. The molecule has 3 nitrogen and oxygen atoms in total. The quantitative estimate of drug-likeness (QED) is 0.236. The number of esters is 1. The first-order valence-corrected chi connectivity index (χ1v) is 10.2. The summed E-state index contributed by atoms with van der Waals surface area (Å²) in [6.45, 7) is 2.13. The average Bonchev–Trinajstić information content (AvgIpc) is 2.97. The fourth-order valence-electron chi connectivity index (χ4n) is 3.46. The number of halogens is 1. The van der Waals surface area contributed by atoms with Crippen LogP contribution in [0.3, 0.4) is 0 Å². The van der Waals surface area contributed by atoms with Gasteiger partial charge in [-0.05, 0) is 42.2 Å². The Kier molecular flexibility index (Phi) is 4.85. The van der Waals surface area contributed by atoms with E-state index < -0.39 is 0 Å². The van der Waals surface area contributed by atoms with Crippen LogP contribution in [0.4, 0.5) is 0 Å². The van der Waals surface area contributed by atoms with Crippen molar-refractivity contribution in [3.8, 4) is 5.75 Å². The van der Waals surface area contributed by atoms with Crippen LogP contribution in [-0.4, -0.2) is 16.8 Å². The van der Waals surface area contributed by atoms with Gasteiger partial charge in [0, 0.05) is 34.8 Å². The lowest BCUT2D eigenvalue weighted by molar-refractivity contribution is -0.132. The number of fused-ring (bicyclic) bond motifs is 3. The summed E-state index contributed by atoms with van der Waals surface area (Å²) in [4.78, 5) is 12.5. The number of aromatic nitrogens is 1. The first-order chi connectivity index (χ1) is 13.1. The molecule has 0 unspecified atom stereocenters. The van der Waals surface area contributed by atoms with E-state index in [-0.39, 0.29) is 5.97 Å². The van der Waals surface area contributed by atoms with Gasteiger partial charge in [-0.2, -0.15) is 0 Å². The van der Waals surface area contributed by atoms with Crippen LogP contribution in [0.25, 0.3) is 21.8 Å². The molecule has 0 saturated carbocycles. The zero-order chi connectivity index (χ0) is 19.0. The number of benzene rings is 3. The molecule has 1 heterocycles. The number of carbonyl (C=O) groups is 1. The molecule has 4 aromatic rings. The van der Waals surface area contributed by atoms with Crippen LogP contribution in [-0.2, 0) is 11.3 Å². The van der Waals surface area contributed by atoms with Crippen molar-refractivity contribution in [3.05, 3.63) is 71.2 Å². The van der Waals surface area contributed by atoms with E-state index in [1.165, 1.54) is 12.3 Å². The van der Waals surface area contributed by atoms with Crippen molar-refractivity contribution in [1.82, 2.24) is 4.57 Å². The normalized spacial score (nSPS) is 11.2. The highest BCUT2D eigenvalue weighted by molar-refractivity contribution is 7.99. The molecule has 0 aliphatic carbocycles. The minimum absolute atomic E-state index is 0.315. The fraction of sp³-hybridized carbons (Fsp3) is 0.136. The van der Waals surface area contributed by atoms with Crippen molar-refractivity contribution in [3.63, 3.8) is 0 Å². The maximum Gasteiger partial charge on any atom is 0.308 e. The second kappa shape index (κ2) is 7.29. The van der Waals surface area contributed by atoms with Crippen LogP contribution in [0.15, 0.2) is 65.6 Å². The maximum atomic E-state index is 11.5. The number of hydrogen-bond donors (Lipinski definition) is 0. The lowest BCUT2D eigenvalue weighted by Gasteiger charge is -2.13. The number of ether oxygens (including phenoxy) is 1. The third-order valence-electron chi connectivity index (χ3n) is 4.56. The minimum Gasteiger partial charge on any atom is -0.425 e. The topological polar surface area (TPSA) is 31.2 Å². The van der Waals surface area contributed by atoms with Crippen LogP contribution < -0.4 is 4.74 Å². The molecule has 0 radical (unpaired) electrons. The van der Waals surface area contributed by atoms with Gasteiger partial charge in [-0.3, -0.25) is 4.79 Å². The Labute approximate surface area is 166 Å². The molecule has 4 rings (SSSR count). The third-order valence-corrected chi connectivity index (χ3v) is 5.62. The van der Waals surface area contributed by atoms with Crippen molar-refractivity contribution in [2.45, 2.75) is 18.4 Å². The first-order valence-electron chi connectivity index (χ1n) is 8.59. The summed E-state index contributed by atoms with van der Waals surface area (Å²) >= 11 is 7.63. The highest BCUT2D eigenvalue weighted by Gasteiger charge is 2.18. The van der Waals surface area contributed by atoms with E-state index in [4.69, 9.17) is 16.3 Å². The van der Waals surface area contributed by atoms with E-state index in [0.29, 0.717) is 12.3 Å². The zero-order valence-electron chi connectivity index (χ0n) is 15.0. The Morgan fingerprint density at radius 1 is 1.04 bits per heavy atom. The Hall–Kier alpha value is -2.43. The van der Waals surface area contributed by atoms with Crippen LogP contribution in [0.5, 0.6) is 5.75 Å². The molecule has 3 aromatic carbocycles. The van der Waals surface area contributed by atoms with Gasteiger partial charge in [0.1, 0.15) is 5.75 Å². The van der Waals surface area contributed by atoms with Gasteiger partial charge in [-0.15, -0.1) is 11.8 Å². The van der Waals surface area contributed by atoms with Crippen molar-refractivity contribution >= 4 is 51.1 Å². The molecule has 136 valence electrons. The van der Waals surface area contributed by atoms with Crippen LogP contribution in [0, 0.1) is 0 Å². The van der Waals surface area contributed by atoms with Crippen molar-refractivity contribution in [1.29, 1.82) is 0 Å². The summed E-state index contributed by atoms with van der Waals surface area (Å²) in [6.07, 6.45) is 2.01. The van der Waals surface area contributed by atoms with Gasteiger partial charge >= 0.3 is 5.97 Å². The van der Waals surface area contributed by atoms with Crippen LogP contribution in [0.1, 0.15) is 12.5 Å². The van der Waals surface area contributed by atoms with Gasteiger partial charge in [0.05, 0.1) is 10.4 Å². The summed E-state index contributed by atoms with van der Waals surface area (Å²) in [5.41, 5.74) is 3.39. The molecular formula is C22H18ClNO2S. The van der Waals surface area contributed by atoms with Gasteiger partial charge in [-0.1, -0.05) is 41.9 Å². The highest BCUT2D eigenvalue weighted by atomic mass is 35.5. The summed E-state index contributed by atoms with van der Waals surface area (Å²) in [7, 11) is 0. The lowest BCUT2D eigenvalue weighted by atomic mass is 10.1. The summed E-state index contributed by atoms with van der Waals surface area (Å²) < 4.78 is 7.76. The molecule has 0 fully saturated rings. The van der Waals surface area contributed by atoms with Gasteiger partial charge in [0.25, 0.3) is 0 Å². The smallest absolute Gasteiger partial charge is 0.308 e. The molecular weight excluding hydrogens is 378 g/mol. The summed E-state index contributed by atoms with van der Waals surface area (Å²) in [5, 5.41) is 3.06. The molecule has 1 aromatic heterocycles. The Morgan fingerprint density at radius 3 is 2.48 bits per heavy atom. The zero-order valence-corrected chi connectivity index (χ0v) is 16.6. The van der Waals surface area contributed by atoms with E-state index in [2.05, 4.69) is 16.7 Å². The van der Waals surface area contributed by atoms with Crippen molar-refractivity contribution in [2.75, 3.05) is 6.26 Å². The summed E-state index contributed by atoms with van der Waals surface area (Å²) in [6, 6.07) is 20.2. The predicted octanol–water partition coefficient (Wildman–Crippen LogP) is 6.14. The van der Waals surface area contributed by atoms with E-state index >= 15 is 0 Å². The molecule has 0 bridgehead atoms. The fourth-order valence-corrected chi connectivity index (χ4v) is 4.31. The Balaban J connectivity index is 2.00. The highest BCUT2D eigenvalue weighted by Crippen LogP contribution is 2.40. The molecule has 0 aliphatic heterocycles. The number of nitrogens with zero attached hydrogens (tertiary/aromatic N) is 1. The van der Waals surface area contributed by atoms with E-state index in [9.17, 15) is 4.79 Å². The second-order valence-electron chi connectivity index (χ2n) is 6.32. The molecule has 0 spiro atoms. The molecule has 0 atom stereocenters. The molecule has 0 aliphatic rings. The van der Waals surface area contributed by atoms with Gasteiger partial charge in [0.2, 0.25) is 0 Å². The number of rotatable bonds is 4. The summed E-state index contributed by atoms with van der Waals surface area (Å²) in [5.74, 6) is 0.285. The largest absolute Gasteiger partial charge is 0.425 e. The number of thioether (sulfide) groups is 1. The standard InChI is InChI=1S/C22H18ClNO2S/c1-14(25)26-20-12-11-18-17-5-3-4-6-19(17)24(21(18)22(20)27-2)13-15-7-9-16(23)10-8-15/h3-12H,13H2,1-2H3. The predicted molar refractivity (Wildman–Crippen MR) is 113 cm³/mol. The Morgan fingerprint density at radius 2 is 1.78 bits per heavy atom. The number of hydrogen-bond acceptors (Lipinski definition) is 3. The van der Waals surface area contributed by atoms with Gasteiger partial charge < -0.3 is 9.30 Å². The minimum atomic E-state index is -0.315. The maximum absolute atomic E-state index is 11.5. The van der Waals surface area contributed by atoms with Gasteiger partial charge in [-0.25, -0.2) is 0 Å². The molecule has 5 heteroatoms. The van der Waals surface area contributed by atoms with Crippen molar-refractivity contribution < 1.29 is 9.53 Å². The van der Waals surface area contributed by atoms with E-state index in [1.807, 2.05) is 54.8 Å². The molecule has 0 amide bonds. The first kappa shape index (κ1) is 18.0. The van der Waals surface area contributed by atoms with Crippen molar-refractivity contribution in [2.24, 2.45) is 0 Å². The molecule has 0 saturated heterocycles.